The van der Waals surface area contributed by atoms with Crippen molar-refractivity contribution in [2.75, 3.05) is 10.6 Å². The van der Waals surface area contributed by atoms with E-state index in [-0.39, 0.29) is 0 Å². The molecule has 2 N–H and O–H groups in total. The molecule has 0 bridgehead atoms. The second-order valence-corrected chi connectivity index (χ2v) is 7.78. The van der Waals surface area contributed by atoms with E-state index >= 15 is 0 Å². The third-order valence-corrected chi connectivity index (χ3v) is 5.70. The number of hydrogen-bond donors (Lipinski definition) is 2. The van der Waals surface area contributed by atoms with Gasteiger partial charge in [0, 0.05) is 29.2 Å². The molecule has 0 saturated carbocycles. The molecule has 0 radical (unpaired) electrons. The van der Waals surface area contributed by atoms with Gasteiger partial charge in [-0.2, -0.15) is 0 Å². The number of nitrogens with one attached hydrogen (secondary N) is 2. The van der Waals surface area contributed by atoms with Crippen LogP contribution in [0.15, 0.2) is 60.9 Å². The molecule has 2 aromatic heterocycles. The van der Waals surface area contributed by atoms with Gasteiger partial charge < -0.3 is 10.6 Å². The van der Waals surface area contributed by atoms with Gasteiger partial charge in [-0.15, -0.1) is 0 Å². The molecule has 0 unspecified atom stereocenters. The molecule has 2 heterocycles. The highest BCUT2D eigenvalue weighted by atomic mass is 19.1. The molecule has 0 atom stereocenters. The Morgan fingerprint density at radius 1 is 0.875 bits per heavy atom. The third kappa shape index (κ3) is 3.77. The highest BCUT2D eigenvalue weighted by molar-refractivity contribution is 6.04. The predicted molar refractivity (Wildman–Crippen MR) is 120 cm³/mol. The summed E-state index contributed by atoms with van der Waals surface area (Å²) in [5.41, 5.74) is 4.85. The fourth-order valence-electron chi connectivity index (χ4n) is 4.15. The number of rotatable bonds is 4. The van der Waals surface area contributed by atoms with Crippen LogP contribution in [0.1, 0.15) is 34.3 Å². The Labute approximate surface area is 183 Å². The topological polar surface area (TPSA) is 66.9 Å². The number of carbonyl (C=O) groups excluding carboxylic acids is 1. The van der Waals surface area contributed by atoms with E-state index in [2.05, 4.69) is 20.6 Å². The maximum atomic E-state index is 13.8. The lowest BCUT2D eigenvalue weighted by Gasteiger charge is -2.19. The number of aryl methyl sites for hydroxylation is 2. The Bertz CT molecular complexity index is 1300. The lowest BCUT2D eigenvalue weighted by atomic mass is 9.90. The summed E-state index contributed by atoms with van der Waals surface area (Å²) in [5.74, 6) is -2.64. The second kappa shape index (κ2) is 8.34. The summed E-state index contributed by atoms with van der Waals surface area (Å²) in [6.07, 6.45) is 8.02. The summed E-state index contributed by atoms with van der Waals surface area (Å²) < 4.78 is 27.7. The van der Waals surface area contributed by atoms with Gasteiger partial charge in [-0.3, -0.25) is 4.79 Å². The minimum Gasteiger partial charge on any atom is -0.355 e. The number of fused-ring (bicyclic) bond motifs is 3. The summed E-state index contributed by atoms with van der Waals surface area (Å²) in [4.78, 5) is 21.2. The monoisotopic (exact) mass is 430 g/mol. The first kappa shape index (κ1) is 20.1. The molecule has 1 aliphatic carbocycles. The van der Waals surface area contributed by atoms with Crippen molar-refractivity contribution in [3.63, 3.8) is 0 Å². The second-order valence-electron chi connectivity index (χ2n) is 7.78. The molecule has 7 heteroatoms. The molecule has 0 aliphatic heterocycles. The quantitative estimate of drug-likeness (QED) is 0.431. The largest absolute Gasteiger partial charge is 0.355 e. The van der Waals surface area contributed by atoms with Crippen LogP contribution in [-0.2, 0) is 12.8 Å². The summed E-state index contributed by atoms with van der Waals surface area (Å²) in [6.45, 7) is 0. The van der Waals surface area contributed by atoms with E-state index in [9.17, 15) is 13.6 Å². The average Bonchev–Trinajstić information content (AvgIpc) is 2.80. The molecule has 5 rings (SSSR count). The maximum Gasteiger partial charge on any atom is 0.261 e. The summed E-state index contributed by atoms with van der Waals surface area (Å²) in [5, 5.41) is 6.99. The number of carbonyl (C=O) groups is 1. The molecule has 0 fully saturated rings. The minimum atomic E-state index is -0.901. The van der Waals surface area contributed by atoms with Gasteiger partial charge in [0.2, 0.25) is 0 Å². The van der Waals surface area contributed by atoms with Crippen molar-refractivity contribution < 1.29 is 13.6 Å². The van der Waals surface area contributed by atoms with E-state index in [1.807, 2.05) is 12.3 Å². The van der Waals surface area contributed by atoms with Crippen LogP contribution >= 0.6 is 0 Å². The van der Waals surface area contributed by atoms with Gasteiger partial charge in [-0.25, -0.2) is 18.7 Å². The Kier molecular flexibility index (Phi) is 5.23. The summed E-state index contributed by atoms with van der Waals surface area (Å²) in [7, 11) is 0. The number of benzene rings is 2. The van der Waals surface area contributed by atoms with Crippen molar-refractivity contribution >= 4 is 34.0 Å². The smallest absolute Gasteiger partial charge is 0.261 e. The molecule has 4 aromatic rings. The first-order chi connectivity index (χ1) is 15.6. The fourth-order valence-corrected chi connectivity index (χ4v) is 4.15. The number of hydrogen-bond acceptors (Lipinski definition) is 4. The zero-order valence-electron chi connectivity index (χ0n) is 17.2. The highest BCUT2D eigenvalue weighted by Crippen LogP contribution is 2.33. The fraction of sp³-hybridized carbons (Fsp3) is 0.160. The number of pyridine rings is 2. The summed E-state index contributed by atoms with van der Waals surface area (Å²) in [6, 6.07) is 12.2. The van der Waals surface area contributed by atoms with Gasteiger partial charge in [-0.05, 0) is 79.3 Å². The van der Waals surface area contributed by atoms with Gasteiger partial charge >= 0.3 is 0 Å². The number of amides is 1. The van der Waals surface area contributed by atoms with Gasteiger partial charge in [0.05, 0.1) is 5.69 Å². The Morgan fingerprint density at radius 3 is 2.38 bits per heavy atom. The maximum absolute atomic E-state index is 13.8. The van der Waals surface area contributed by atoms with Crippen molar-refractivity contribution in [1.82, 2.24) is 9.97 Å². The average molecular weight is 430 g/mol. The first-order valence-corrected chi connectivity index (χ1v) is 10.5. The van der Waals surface area contributed by atoms with Crippen LogP contribution in [0, 0.1) is 11.6 Å². The number of aromatic nitrogens is 2. The Morgan fingerprint density at radius 2 is 1.59 bits per heavy atom. The van der Waals surface area contributed by atoms with Crippen LogP contribution in [-0.4, -0.2) is 15.9 Å². The van der Waals surface area contributed by atoms with E-state index in [1.165, 1.54) is 23.6 Å². The van der Waals surface area contributed by atoms with Crippen molar-refractivity contribution in [3.05, 3.63) is 89.2 Å². The van der Waals surface area contributed by atoms with E-state index in [1.54, 1.807) is 30.5 Å². The molecule has 0 saturated heterocycles. The van der Waals surface area contributed by atoms with Crippen LogP contribution in [0.4, 0.5) is 25.8 Å². The lowest BCUT2D eigenvalue weighted by molar-refractivity contribution is 0.101. The molecule has 2 aromatic carbocycles. The third-order valence-electron chi connectivity index (χ3n) is 5.70. The van der Waals surface area contributed by atoms with Gasteiger partial charge in [0.15, 0.2) is 5.65 Å². The molecule has 160 valence electrons. The van der Waals surface area contributed by atoms with Crippen LogP contribution in [0.25, 0.3) is 11.0 Å². The number of halogens is 2. The number of anilines is 3. The van der Waals surface area contributed by atoms with Crippen LogP contribution in [0.2, 0.25) is 0 Å². The molecule has 1 amide bonds. The molecular formula is C25H20F2N4O. The Hall–Kier alpha value is -3.87. The van der Waals surface area contributed by atoms with E-state index in [4.69, 9.17) is 0 Å². The van der Waals surface area contributed by atoms with Gasteiger partial charge in [0.25, 0.3) is 5.91 Å². The highest BCUT2D eigenvalue weighted by Gasteiger charge is 2.18. The normalized spacial score (nSPS) is 12.9. The van der Waals surface area contributed by atoms with Crippen molar-refractivity contribution in [2.24, 2.45) is 0 Å². The predicted octanol–water partition coefficient (Wildman–Crippen LogP) is 5.78. The molecular weight excluding hydrogens is 410 g/mol. The molecule has 0 spiro atoms. The van der Waals surface area contributed by atoms with E-state index in [0.29, 0.717) is 11.3 Å². The first-order valence-electron chi connectivity index (χ1n) is 10.5. The molecule has 1 aliphatic rings. The minimum absolute atomic E-state index is 0.432. The van der Waals surface area contributed by atoms with Gasteiger partial charge in [0.1, 0.15) is 17.2 Å². The van der Waals surface area contributed by atoms with Crippen molar-refractivity contribution in [1.29, 1.82) is 0 Å². The zero-order chi connectivity index (χ0) is 22.1. The number of nitrogens with zero attached hydrogens (tertiary/aromatic N) is 2. The van der Waals surface area contributed by atoms with Crippen LogP contribution < -0.4 is 10.6 Å². The summed E-state index contributed by atoms with van der Waals surface area (Å²) >= 11 is 0. The van der Waals surface area contributed by atoms with Crippen molar-refractivity contribution in [2.45, 2.75) is 25.7 Å². The van der Waals surface area contributed by atoms with E-state index in [0.717, 1.165) is 48.2 Å². The van der Waals surface area contributed by atoms with E-state index < -0.39 is 23.1 Å². The lowest BCUT2D eigenvalue weighted by Crippen LogP contribution is -2.15. The molecule has 32 heavy (non-hydrogen) atoms. The van der Waals surface area contributed by atoms with Crippen molar-refractivity contribution in [3.8, 4) is 0 Å². The zero-order valence-corrected chi connectivity index (χ0v) is 17.2. The SMILES string of the molecule is O=C(Nc1ccc(Nc2ccnc3ncc4c(c23)CCCC4)cc1)c1c(F)cccc1F. The van der Waals surface area contributed by atoms with Gasteiger partial charge in [-0.1, -0.05) is 6.07 Å². The van der Waals surface area contributed by atoms with Crippen LogP contribution in [0.5, 0.6) is 0 Å². The standard InChI is InChI=1S/C25H20F2N4O/c26-19-6-3-7-20(27)23(19)25(32)31-17-10-8-16(9-11-17)30-21-12-13-28-24-22(21)18-5-2-1-4-15(18)14-29-24/h3,6-14H,1-2,4-5H2,(H,31,32)(H,28,29,30). The molecule has 5 nitrogen and oxygen atoms in total. The van der Waals surface area contributed by atoms with Crippen LogP contribution in [0.3, 0.4) is 0 Å². The Balaban J connectivity index is 1.39.